The summed E-state index contributed by atoms with van der Waals surface area (Å²) < 4.78 is 28.2. The van der Waals surface area contributed by atoms with Gasteiger partial charge in [-0.15, -0.1) is 0 Å². The molecule has 0 amide bonds. The maximum absolute atomic E-state index is 11.3. The molecule has 5 heteroatoms. The molecule has 2 atom stereocenters. The fraction of sp³-hybridized carbons (Fsp3) is 0.250. The zero-order valence-electron chi connectivity index (χ0n) is 12.1. The van der Waals surface area contributed by atoms with Gasteiger partial charge in [0.2, 0.25) is 0 Å². The summed E-state index contributed by atoms with van der Waals surface area (Å²) in [5.41, 5.74) is 2.10. The van der Waals surface area contributed by atoms with Crippen LogP contribution >= 0.6 is 0 Å². The van der Waals surface area contributed by atoms with Crippen molar-refractivity contribution in [2.45, 2.75) is 23.0 Å². The third-order valence-electron chi connectivity index (χ3n) is 3.05. The highest BCUT2D eigenvalue weighted by Crippen LogP contribution is 2.11. The van der Waals surface area contributed by atoms with E-state index >= 15 is 0 Å². The zero-order valence-corrected chi connectivity index (χ0v) is 13.7. The first-order chi connectivity index (χ1) is 10.1. The molecular formula is C16H18O3S2. The number of ether oxygens (including phenoxy) is 1. The molecule has 0 saturated carbocycles. The minimum atomic E-state index is -0.945. The molecule has 0 aliphatic heterocycles. The lowest BCUT2D eigenvalue weighted by atomic mass is 10.2. The van der Waals surface area contributed by atoms with Gasteiger partial charge < -0.3 is 4.74 Å². The molecule has 2 aromatic carbocycles. The Morgan fingerprint density at radius 3 is 1.33 bits per heavy atom. The van der Waals surface area contributed by atoms with Crippen molar-refractivity contribution in [3.05, 3.63) is 59.7 Å². The molecular weight excluding hydrogens is 304 g/mol. The van der Waals surface area contributed by atoms with Gasteiger partial charge in [-0.2, -0.15) is 0 Å². The largest absolute Gasteiger partial charge is 0.372 e. The van der Waals surface area contributed by atoms with E-state index in [0.717, 1.165) is 20.9 Å². The molecule has 0 fully saturated rings. The highest BCUT2D eigenvalue weighted by Gasteiger charge is 2.00. The van der Waals surface area contributed by atoms with Gasteiger partial charge in [-0.05, 0) is 35.4 Å². The first kappa shape index (κ1) is 16.1. The predicted molar refractivity (Wildman–Crippen MR) is 86.0 cm³/mol. The van der Waals surface area contributed by atoms with Crippen LogP contribution in [0.15, 0.2) is 58.3 Å². The number of hydrogen-bond acceptors (Lipinski definition) is 3. The van der Waals surface area contributed by atoms with Crippen molar-refractivity contribution in [1.82, 2.24) is 0 Å². The molecule has 0 spiro atoms. The third-order valence-corrected chi connectivity index (χ3v) is 4.92. The van der Waals surface area contributed by atoms with Crippen molar-refractivity contribution in [2.75, 3.05) is 12.5 Å². The van der Waals surface area contributed by atoms with Gasteiger partial charge >= 0.3 is 0 Å². The topological polar surface area (TPSA) is 43.4 Å². The van der Waals surface area contributed by atoms with Gasteiger partial charge in [0.25, 0.3) is 0 Å². The van der Waals surface area contributed by atoms with E-state index in [1.165, 1.54) is 0 Å². The molecule has 0 radical (unpaired) electrons. The van der Waals surface area contributed by atoms with E-state index in [4.69, 9.17) is 4.74 Å². The second kappa shape index (κ2) is 7.64. The molecule has 3 nitrogen and oxygen atoms in total. The Morgan fingerprint density at radius 2 is 1.05 bits per heavy atom. The Hall–Kier alpha value is -1.30. The minimum absolute atomic E-state index is 0.512. The Morgan fingerprint density at radius 1 is 0.714 bits per heavy atom. The summed E-state index contributed by atoms with van der Waals surface area (Å²) >= 11 is 0. The van der Waals surface area contributed by atoms with E-state index in [1.54, 1.807) is 12.5 Å². The van der Waals surface area contributed by atoms with Crippen molar-refractivity contribution >= 4 is 21.6 Å². The van der Waals surface area contributed by atoms with Crippen LogP contribution in [-0.2, 0) is 39.5 Å². The molecule has 0 N–H and O–H groups in total. The molecule has 0 aliphatic carbocycles. The van der Waals surface area contributed by atoms with Crippen LogP contribution in [0, 0.1) is 0 Å². The summed E-state index contributed by atoms with van der Waals surface area (Å²) in [6.07, 6.45) is 3.33. The van der Waals surface area contributed by atoms with Crippen molar-refractivity contribution in [1.29, 1.82) is 0 Å². The molecule has 21 heavy (non-hydrogen) atoms. The maximum atomic E-state index is 11.3. The number of rotatable bonds is 6. The van der Waals surface area contributed by atoms with Crippen LogP contribution in [-0.4, -0.2) is 20.9 Å². The predicted octanol–water partition coefficient (Wildman–Crippen LogP) is 2.88. The van der Waals surface area contributed by atoms with Gasteiger partial charge in [0.1, 0.15) is 0 Å². The maximum Gasteiger partial charge on any atom is 0.0721 e. The summed E-state index contributed by atoms with van der Waals surface area (Å²) in [6.45, 7) is 1.02. The number of hydrogen-bond donors (Lipinski definition) is 0. The fourth-order valence-corrected chi connectivity index (χ4v) is 2.88. The van der Waals surface area contributed by atoms with Gasteiger partial charge in [-0.25, -0.2) is 0 Å². The molecule has 0 heterocycles. The molecule has 2 rings (SSSR count). The summed E-state index contributed by atoms with van der Waals surface area (Å²) in [5, 5.41) is 0. The SMILES string of the molecule is CS(=O)c1ccc(COCc2ccc(S(C)=O)cc2)cc1. The van der Waals surface area contributed by atoms with E-state index in [1.807, 2.05) is 48.5 Å². The fourth-order valence-electron chi connectivity index (χ4n) is 1.84. The van der Waals surface area contributed by atoms with Crippen LogP contribution in [0.5, 0.6) is 0 Å². The van der Waals surface area contributed by atoms with Crippen LogP contribution < -0.4 is 0 Å². The second-order valence-corrected chi connectivity index (χ2v) is 7.45. The molecule has 0 bridgehead atoms. The molecule has 112 valence electrons. The lowest BCUT2D eigenvalue weighted by Gasteiger charge is -2.06. The van der Waals surface area contributed by atoms with Crippen molar-refractivity contribution in [3.8, 4) is 0 Å². The lowest BCUT2D eigenvalue weighted by molar-refractivity contribution is 0.107. The smallest absolute Gasteiger partial charge is 0.0721 e. The van der Waals surface area contributed by atoms with Gasteiger partial charge in [0.05, 0.1) is 13.2 Å². The molecule has 2 unspecified atom stereocenters. The first-order valence-corrected chi connectivity index (χ1v) is 9.60. The monoisotopic (exact) mass is 322 g/mol. The van der Waals surface area contributed by atoms with Crippen LogP contribution in [0.1, 0.15) is 11.1 Å². The van der Waals surface area contributed by atoms with E-state index in [0.29, 0.717) is 13.2 Å². The van der Waals surface area contributed by atoms with Gasteiger partial charge in [0.15, 0.2) is 0 Å². The van der Waals surface area contributed by atoms with E-state index < -0.39 is 21.6 Å². The van der Waals surface area contributed by atoms with E-state index in [9.17, 15) is 8.42 Å². The highest BCUT2D eigenvalue weighted by molar-refractivity contribution is 7.84. The summed E-state index contributed by atoms with van der Waals surface area (Å²) in [5.74, 6) is 0. The Kier molecular flexibility index (Phi) is 5.85. The van der Waals surface area contributed by atoms with Gasteiger partial charge in [-0.1, -0.05) is 24.3 Å². The summed E-state index contributed by atoms with van der Waals surface area (Å²) in [7, 11) is -1.89. The van der Waals surface area contributed by atoms with E-state index in [2.05, 4.69) is 0 Å². The quantitative estimate of drug-likeness (QED) is 0.821. The third kappa shape index (κ3) is 4.88. The molecule has 2 aromatic rings. The Bertz CT molecular complexity index is 576. The number of benzene rings is 2. The van der Waals surface area contributed by atoms with Gasteiger partial charge in [0, 0.05) is 43.9 Å². The average Bonchev–Trinajstić information content (AvgIpc) is 2.48. The Labute approximate surface area is 130 Å². The van der Waals surface area contributed by atoms with E-state index in [-0.39, 0.29) is 0 Å². The summed E-state index contributed by atoms with van der Waals surface area (Å²) in [6, 6.07) is 15.2. The first-order valence-electron chi connectivity index (χ1n) is 6.49. The highest BCUT2D eigenvalue weighted by atomic mass is 32.2. The molecule has 0 aromatic heterocycles. The van der Waals surface area contributed by atoms with Crippen molar-refractivity contribution in [3.63, 3.8) is 0 Å². The van der Waals surface area contributed by atoms with Crippen LogP contribution in [0.3, 0.4) is 0 Å². The second-order valence-electron chi connectivity index (χ2n) is 4.69. The standard InChI is InChI=1S/C16H18O3S2/c1-20(17)15-7-3-13(4-8-15)11-19-12-14-5-9-16(10-6-14)21(2)18/h3-10H,11-12H2,1-2H3. The van der Waals surface area contributed by atoms with Crippen LogP contribution in [0.4, 0.5) is 0 Å². The average molecular weight is 322 g/mol. The molecule has 0 saturated heterocycles. The minimum Gasteiger partial charge on any atom is -0.372 e. The van der Waals surface area contributed by atoms with Crippen molar-refractivity contribution in [2.24, 2.45) is 0 Å². The molecule has 0 aliphatic rings. The summed E-state index contributed by atoms with van der Waals surface area (Å²) in [4.78, 5) is 1.64. The zero-order chi connectivity index (χ0) is 15.2. The lowest BCUT2D eigenvalue weighted by Crippen LogP contribution is -1.96. The van der Waals surface area contributed by atoms with Crippen molar-refractivity contribution < 1.29 is 13.2 Å². The van der Waals surface area contributed by atoms with Crippen LogP contribution in [0.2, 0.25) is 0 Å². The van der Waals surface area contributed by atoms with Gasteiger partial charge in [-0.3, -0.25) is 8.42 Å². The Balaban J connectivity index is 1.86. The normalized spacial score (nSPS) is 13.8. The van der Waals surface area contributed by atoms with Crippen LogP contribution in [0.25, 0.3) is 0 Å².